The molecular weight excluding hydrogens is 270 g/mol. The van der Waals surface area contributed by atoms with Crippen molar-refractivity contribution >= 4 is 23.0 Å². The molecule has 0 aliphatic rings. The Hall–Kier alpha value is -2.67. The van der Waals surface area contributed by atoms with Gasteiger partial charge in [-0.25, -0.2) is 10.8 Å². The third-order valence-electron chi connectivity index (χ3n) is 3.01. The van der Waals surface area contributed by atoms with Crippen molar-refractivity contribution in [2.24, 2.45) is 5.84 Å². The molecule has 1 aromatic heterocycles. The Labute approximate surface area is 122 Å². The van der Waals surface area contributed by atoms with Gasteiger partial charge in [-0.1, -0.05) is 32.0 Å². The van der Waals surface area contributed by atoms with E-state index in [2.05, 4.69) is 29.6 Å². The highest BCUT2D eigenvalue weighted by atomic mass is 16.6. The van der Waals surface area contributed by atoms with Crippen LogP contribution in [0.5, 0.6) is 0 Å². The summed E-state index contributed by atoms with van der Waals surface area (Å²) in [5, 5.41) is 14.0. The van der Waals surface area contributed by atoms with Crippen LogP contribution >= 0.6 is 0 Å². The molecule has 0 bridgehead atoms. The third-order valence-corrected chi connectivity index (χ3v) is 3.01. The van der Waals surface area contributed by atoms with Crippen LogP contribution in [0.15, 0.2) is 36.4 Å². The number of para-hydroxylation sites is 1. The summed E-state index contributed by atoms with van der Waals surface area (Å²) in [6, 6.07) is 10.4. The van der Waals surface area contributed by atoms with Crippen LogP contribution < -0.4 is 16.6 Å². The van der Waals surface area contributed by atoms with E-state index >= 15 is 0 Å². The molecule has 0 radical (unpaired) electrons. The summed E-state index contributed by atoms with van der Waals surface area (Å²) >= 11 is 0. The van der Waals surface area contributed by atoms with Crippen LogP contribution in [0.25, 0.3) is 0 Å². The average molecular weight is 287 g/mol. The number of hydrogen-bond acceptors (Lipinski definition) is 6. The average Bonchev–Trinajstić information content (AvgIpc) is 2.47. The molecule has 1 aromatic carbocycles. The van der Waals surface area contributed by atoms with Crippen LogP contribution in [-0.2, 0) is 0 Å². The lowest BCUT2D eigenvalue weighted by atomic mass is 10.0. The van der Waals surface area contributed by atoms with Crippen LogP contribution in [0.3, 0.4) is 0 Å². The number of nitrogen functional groups attached to an aromatic ring is 1. The molecule has 2 rings (SSSR count). The predicted octanol–water partition coefficient (Wildman–Crippen LogP) is 3.14. The van der Waals surface area contributed by atoms with E-state index in [0.29, 0.717) is 11.7 Å². The summed E-state index contributed by atoms with van der Waals surface area (Å²) in [6.45, 7) is 4.16. The minimum absolute atomic E-state index is 0.0810. The molecule has 21 heavy (non-hydrogen) atoms. The van der Waals surface area contributed by atoms with Crippen molar-refractivity contribution in [2.75, 3.05) is 10.7 Å². The largest absolute Gasteiger partial charge is 0.340 e. The fourth-order valence-electron chi connectivity index (χ4n) is 2.01. The smallest absolute Gasteiger partial charge is 0.276 e. The molecule has 0 amide bonds. The summed E-state index contributed by atoms with van der Waals surface area (Å²) in [6.07, 6.45) is 0. The molecule has 2 aromatic rings. The Morgan fingerprint density at radius 1 is 1.24 bits per heavy atom. The fourth-order valence-corrected chi connectivity index (χ4v) is 2.01. The number of nitrogens with two attached hydrogens (primary N) is 1. The van der Waals surface area contributed by atoms with Gasteiger partial charge in [0.25, 0.3) is 5.69 Å². The van der Waals surface area contributed by atoms with Gasteiger partial charge in [0, 0.05) is 5.69 Å². The first-order chi connectivity index (χ1) is 10.0. The number of aromatic nitrogens is 1. The van der Waals surface area contributed by atoms with Gasteiger partial charge in [-0.15, -0.1) is 0 Å². The molecule has 7 heteroatoms. The number of benzene rings is 1. The molecule has 0 atom stereocenters. The number of nitrogens with one attached hydrogen (secondary N) is 2. The predicted molar refractivity (Wildman–Crippen MR) is 82.5 cm³/mol. The van der Waals surface area contributed by atoms with Crippen LogP contribution in [0.4, 0.5) is 23.0 Å². The molecule has 1 heterocycles. The first-order valence-corrected chi connectivity index (χ1v) is 6.50. The lowest BCUT2D eigenvalue weighted by Crippen LogP contribution is -2.10. The highest BCUT2D eigenvalue weighted by Gasteiger charge is 2.12. The van der Waals surface area contributed by atoms with Gasteiger partial charge in [0.1, 0.15) is 11.6 Å². The van der Waals surface area contributed by atoms with E-state index in [0.717, 1.165) is 11.3 Å². The molecule has 4 N–H and O–H groups in total. The topological polar surface area (TPSA) is 106 Å². The first-order valence-electron chi connectivity index (χ1n) is 6.50. The highest BCUT2D eigenvalue weighted by Crippen LogP contribution is 2.28. The Kier molecular flexibility index (Phi) is 4.34. The van der Waals surface area contributed by atoms with Crippen molar-refractivity contribution < 1.29 is 4.92 Å². The van der Waals surface area contributed by atoms with Crippen LogP contribution in [0, 0.1) is 10.1 Å². The minimum Gasteiger partial charge on any atom is -0.340 e. The Bertz CT molecular complexity index is 658. The van der Waals surface area contributed by atoms with E-state index in [1.165, 1.54) is 12.1 Å². The van der Waals surface area contributed by atoms with E-state index in [9.17, 15) is 10.1 Å². The van der Waals surface area contributed by atoms with Gasteiger partial charge in [0.15, 0.2) is 0 Å². The van der Waals surface area contributed by atoms with Crippen LogP contribution in [0.2, 0.25) is 0 Å². The van der Waals surface area contributed by atoms with E-state index in [-0.39, 0.29) is 11.5 Å². The van der Waals surface area contributed by atoms with Gasteiger partial charge in [0.05, 0.1) is 17.1 Å². The maximum atomic E-state index is 10.9. The number of hydrogen-bond donors (Lipinski definition) is 3. The Balaban J connectivity index is 2.40. The number of nitro groups is 1. The number of hydrazine groups is 1. The van der Waals surface area contributed by atoms with E-state index in [1.807, 2.05) is 24.3 Å². The van der Waals surface area contributed by atoms with Gasteiger partial charge >= 0.3 is 0 Å². The zero-order chi connectivity index (χ0) is 15.4. The molecule has 0 spiro atoms. The molecular formula is C14H17N5O2. The van der Waals surface area contributed by atoms with E-state index in [1.54, 1.807) is 0 Å². The summed E-state index contributed by atoms with van der Waals surface area (Å²) in [5.41, 5.74) is 4.22. The lowest BCUT2D eigenvalue weighted by molar-refractivity contribution is -0.384. The zero-order valence-electron chi connectivity index (χ0n) is 11.8. The van der Waals surface area contributed by atoms with Crippen molar-refractivity contribution in [3.63, 3.8) is 0 Å². The van der Waals surface area contributed by atoms with Crippen molar-refractivity contribution in [2.45, 2.75) is 19.8 Å². The second-order valence-electron chi connectivity index (χ2n) is 4.86. The van der Waals surface area contributed by atoms with Gasteiger partial charge < -0.3 is 10.7 Å². The standard InChI is InChI=1S/C14H17N5O2/c1-9(2)11-5-3-4-6-12(11)16-13-7-10(19(20)21)8-14(17-13)18-15/h3-9H,15H2,1-2H3,(H2,16,17,18). The van der Waals surface area contributed by atoms with E-state index < -0.39 is 4.92 Å². The van der Waals surface area contributed by atoms with Crippen molar-refractivity contribution in [3.05, 3.63) is 52.1 Å². The molecule has 0 fully saturated rings. The van der Waals surface area contributed by atoms with Crippen LogP contribution in [-0.4, -0.2) is 9.91 Å². The molecule has 0 aliphatic carbocycles. The molecule has 7 nitrogen and oxygen atoms in total. The number of anilines is 3. The summed E-state index contributed by atoms with van der Waals surface area (Å²) in [5.74, 6) is 6.21. The normalized spacial score (nSPS) is 10.5. The SMILES string of the molecule is CC(C)c1ccccc1Nc1cc([N+](=O)[O-])cc(NN)n1. The first kappa shape index (κ1) is 14.7. The summed E-state index contributed by atoms with van der Waals surface area (Å²) < 4.78 is 0. The van der Waals surface area contributed by atoms with E-state index in [4.69, 9.17) is 5.84 Å². The fraction of sp³-hybridized carbons (Fsp3) is 0.214. The lowest BCUT2D eigenvalue weighted by Gasteiger charge is -2.14. The number of pyridine rings is 1. The second kappa shape index (κ2) is 6.19. The monoisotopic (exact) mass is 287 g/mol. The van der Waals surface area contributed by atoms with Gasteiger partial charge in [0.2, 0.25) is 0 Å². The molecule has 0 saturated heterocycles. The minimum atomic E-state index is -0.484. The Morgan fingerprint density at radius 2 is 1.90 bits per heavy atom. The molecule has 0 saturated carbocycles. The van der Waals surface area contributed by atoms with Crippen molar-refractivity contribution in [1.29, 1.82) is 0 Å². The maximum Gasteiger partial charge on any atom is 0.276 e. The third kappa shape index (κ3) is 3.46. The van der Waals surface area contributed by atoms with Crippen molar-refractivity contribution in [3.8, 4) is 0 Å². The Morgan fingerprint density at radius 3 is 2.52 bits per heavy atom. The van der Waals surface area contributed by atoms with Gasteiger partial charge in [-0.2, -0.15) is 0 Å². The highest BCUT2D eigenvalue weighted by molar-refractivity contribution is 5.65. The number of rotatable bonds is 5. The van der Waals surface area contributed by atoms with Gasteiger partial charge in [-0.3, -0.25) is 10.1 Å². The molecule has 110 valence electrons. The number of nitrogens with zero attached hydrogens (tertiary/aromatic N) is 2. The van der Waals surface area contributed by atoms with Gasteiger partial charge in [-0.05, 0) is 17.5 Å². The van der Waals surface area contributed by atoms with Crippen LogP contribution in [0.1, 0.15) is 25.3 Å². The molecule has 0 unspecified atom stereocenters. The summed E-state index contributed by atoms with van der Waals surface area (Å²) in [4.78, 5) is 14.6. The second-order valence-corrected chi connectivity index (χ2v) is 4.86. The maximum absolute atomic E-state index is 10.9. The summed E-state index contributed by atoms with van der Waals surface area (Å²) in [7, 11) is 0. The van der Waals surface area contributed by atoms with Crippen molar-refractivity contribution in [1.82, 2.24) is 4.98 Å². The molecule has 0 aliphatic heterocycles. The quantitative estimate of drug-likeness (QED) is 0.443. The zero-order valence-corrected chi connectivity index (χ0v) is 11.8.